The molecular formula is C12H25BrSi. The van der Waals surface area contributed by atoms with Crippen LogP contribution in [-0.4, -0.2) is 14.1 Å². The molecule has 2 heteroatoms. The van der Waals surface area contributed by atoms with Crippen molar-refractivity contribution in [3.63, 3.8) is 0 Å². The van der Waals surface area contributed by atoms with Crippen LogP contribution < -0.4 is 0 Å². The van der Waals surface area contributed by atoms with Crippen LogP contribution in [0.15, 0.2) is 0 Å². The molecule has 14 heavy (non-hydrogen) atoms. The van der Waals surface area contributed by atoms with E-state index >= 15 is 0 Å². The highest BCUT2D eigenvalue weighted by atomic mass is 79.9. The van der Waals surface area contributed by atoms with Crippen LogP contribution in [0, 0.1) is 5.92 Å². The number of hydrogen-bond acceptors (Lipinski definition) is 0. The molecule has 0 spiro atoms. The summed E-state index contributed by atoms with van der Waals surface area (Å²) in [7, 11) is -0.237. The van der Waals surface area contributed by atoms with Crippen LogP contribution >= 0.6 is 15.9 Å². The summed E-state index contributed by atoms with van der Waals surface area (Å²) in [4.78, 5) is 0. The predicted molar refractivity (Wildman–Crippen MR) is 72.2 cm³/mol. The van der Waals surface area contributed by atoms with Crippen LogP contribution in [0.1, 0.15) is 45.4 Å². The average molecular weight is 277 g/mol. The Morgan fingerprint density at radius 3 is 2.50 bits per heavy atom. The van der Waals surface area contributed by atoms with Crippen LogP contribution in [0.25, 0.3) is 0 Å². The Balaban J connectivity index is 2.03. The summed E-state index contributed by atoms with van der Waals surface area (Å²) < 4.78 is 0. The zero-order valence-corrected chi connectivity index (χ0v) is 12.3. The molecule has 0 bridgehead atoms. The SMILES string of the molecule is CCCCC[SiH]1CCC(CCBr)CC1. The second-order valence-electron chi connectivity index (χ2n) is 4.86. The van der Waals surface area contributed by atoms with Crippen molar-refractivity contribution in [2.45, 2.75) is 63.6 Å². The molecule has 1 saturated heterocycles. The van der Waals surface area contributed by atoms with Crippen molar-refractivity contribution in [3.05, 3.63) is 0 Å². The molecule has 84 valence electrons. The van der Waals surface area contributed by atoms with Gasteiger partial charge in [0.2, 0.25) is 0 Å². The fourth-order valence-electron chi connectivity index (χ4n) is 2.65. The van der Waals surface area contributed by atoms with E-state index in [1.165, 1.54) is 31.0 Å². The molecule has 1 rings (SSSR count). The summed E-state index contributed by atoms with van der Waals surface area (Å²) in [6, 6.07) is 4.96. The van der Waals surface area contributed by atoms with Gasteiger partial charge in [-0.05, 0) is 12.3 Å². The van der Waals surface area contributed by atoms with Crippen molar-refractivity contribution in [1.82, 2.24) is 0 Å². The molecular weight excluding hydrogens is 252 g/mol. The van der Waals surface area contributed by atoms with E-state index in [2.05, 4.69) is 22.9 Å². The maximum atomic E-state index is 3.56. The van der Waals surface area contributed by atoms with Gasteiger partial charge in [-0.2, -0.15) is 0 Å². The number of alkyl halides is 1. The first-order valence-corrected chi connectivity index (χ1v) is 9.99. The van der Waals surface area contributed by atoms with Gasteiger partial charge in [-0.15, -0.1) is 0 Å². The molecule has 0 aromatic carbocycles. The van der Waals surface area contributed by atoms with Gasteiger partial charge in [-0.1, -0.05) is 73.1 Å². The molecule has 0 aromatic heterocycles. The average Bonchev–Trinajstić information content (AvgIpc) is 2.21. The van der Waals surface area contributed by atoms with Crippen molar-refractivity contribution in [3.8, 4) is 0 Å². The van der Waals surface area contributed by atoms with Crippen LogP contribution in [0.2, 0.25) is 18.1 Å². The minimum Gasteiger partial charge on any atom is -0.0928 e. The van der Waals surface area contributed by atoms with E-state index in [9.17, 15) is 0 Å². The van der Waals surface area contributed by atoms with Gasteiger partial charge >= 0.3 is 0 Å². The van der Waals surface area contributed by atoms with Gasteiger partial charge in [0.05, 0.1) is 0 Å². The quantitative estimate of drug-likeness (QED) is 0.378. The van der Waals surface area contributed by atoms with Crippen molar-refractivity contribution in [1.29, 1.82) is 0 Å². The molecule has 0 aromatic rings. The van der Waals surface area contributed by atoms with Crippen molar-refractivity contribution in [2.75, 3.05) is 5.33 Å². The van der Waals surface area contributed by atoms with Crippen molar-refractivity contribution >= 4 is 24.7 Å². The standard InChI is InChI=1S/C12H25BrSi/c1-2-3-4-9-14-10-6-12(5-8-13)7-11-14/h12,14H,2-11H2,1H3. The molecule has 1 aliphatic heterocycles. The molecule has 0 amide bonds. The largest absolute Gasteiger partial charge is 0.0928 e. The van der Waals surface area contributed by atoms with Crippen LogP contribution in [0.5, 0.6) is 0 Å². The van der Waals surface area contributed by atoms with Gasteiger partial charge in [0.15, 0.2) is 0 Å². The summed E-state index contributed by atoms with van der Waals surface area (Å²) >= 11 is 3.56. The molecule has 1 aliphatic rings. The lowest BCUT2D eigenvalue weighted by atomic mass is 10.0. The van der Waals surface area contributed by atoms with Crippen molar-refractivity contribution in [2.24, 2.45) is 5.92 Å². The summed E-state index contributed by atoms with van der Waals surface area (Å²) in [6.07, 6.45) is 8.97. The summed E-state index contributed by atoms with van der Waals surface area (Å²) in [5.41, 5.74) is 0. The number of hydrogen-bond donors (Lipinski definition) is 0. The lowest BCUT2D eigenvalue weighted by Gasteiger charge is -2.27. The Morgan fingerprint density at radius 2 is 1.93 bits per heavy atom. The van der Waals surface area contributed by atoms with Gasteiger partial charge in [0, 0.05) is 14.1 Å². The summed E-state index contributed by atoms with van der Waals surface area (Å²) in [5, 5.41) is 1.22. The topological polar surface area (TPSA) is 0 Å². The van der Waals surface area contributed by atoms with E-state index in [1.54, 1.807) is 31.0 Å². The van der Waals surface area contributed by atoms with Crippen LogP contribution in [-0.2, 0) is 0 Å². The normalized spacial score (nSPS) is 27.9. The number of rotatable bonds is 6. The smallest absolute Gasteiger partial charge is 0.0368 e. The minimum atomic E-state index is -0.237. The maximum Gasteiger partial charge on any atom is 0.0368 e. The zero-order valence-electron chi connectivity index (χ0n) is 9.60. The Morgan fingerprint density at radius 1 is 1.21 bits per heavy atom. The maximum absolute atomic E-state index is 3.56. The lowest BCUT2D eigenvalue weighted by Crippen LogP contribution is -2.21. The zero-order chi connectivity index (χ0) is 10.2. The van der Waals surface area contributed by atoms with E-state index in [-0.39, 0.29) is 8.80 Å². The van der Waals surface area contributed by atoms with Gasteiger partial charge in [0.25, 0.3) is 0 Å². The molecule has 0 saturated carbocycles. The van der Waals surface area contributed by atoms with Gasteiger partial charge in [0.1, 0.15) is 0 Å². The number of unbranched alkanes of at least 4 members (excludes halogenated alkanes) is 2. The molecule has 0 radical (unpaired) electrons. The van der Waals surface area contributed by atoms with E-state index in [1.807, 2.05) is 0 Å². The summed E-state index contributed by atoms with van der Waals surface area (Å²) in [5.74, 6) is 1.07. The molecule has 0 unspecified atom stereocenters. The van der Waals surface area contributed by atoms with Gasteiger partial charge in [-0.3, -0.25) is 0 Å². The van der Waals surface area contributed by atoms with Crippen LogP contribution in [0.3, 0.4) is 0 Å². The van der Waals surface area contributed by atoms with E-state index in [0.29, 0.717) is 0 Å². The molecule has 1 heterocycles. The third-order valence-corrected chi connectivity index (χ3v) is 7.68. The first-order chi connectivity index (χ1) is 6.86. The Labute approximate surface area is 99.6 Å². The van der Waals surface area contributed by atoms with Gasteiger partial charge < -0.3 is 0 Å². The Kier molecular flexibility index (Phi) is 7.22. The second kappa shape index (κ2) is 7.92. The molecule has 1 fully saturated rings. The highest BCUT2D eigenvalue weighted by Crippen LogP contribution is 2.30. The van der Waals surface area contributed by atoms with E-state index in [4.69, 9.17) is 0 Å². The highest BCUT2D eigenvalue weighted by Gasteiger charge is 2.20. The molecule has 0 nitrogen and oxygen atoms in total. The molecule has 0 N–H and O–H groups in total. The van der Waals surface area contributed by atoms with Crippen LogP contribution in [0.4, 0.5) is 0 Å². The first kappa shape index (κ1) is 12.8. The monoisotopic (exact) mass is 276 g/mol. The predicted octanol–water partition coefficient (Wildman–Crippen LogP) is 4.60. The molecule has 0 atom stereocenters. The lowest BCUT2D eigenvalue weighted by molar-refractivity contribution is 0.460. The Bertz CT molecular complexity index is 130. The third kappa shape index (κ3) is 4.97. The fourth-order valence-corrected chi connectivity index (χ4v) is 6.91. The van der Waals surface area contributed by atoms with E-state index in [0.717, 1.165) is 5.92 Å². The minimum absolute atomic E-state index is 0.237. The van der Waals surface area contributed by atoms with Gasteiger partial charge in [-0.25, -0.2) is 0 Å². The second-order valence-corrected chi connectivity index (χ2v) is 9.12. The molecule has 0 aliphatic carbocycles. The third-order valence-electron chi connectivity index (χ3n) is 3.70. The fraction of sp³-hybridized carbons (Fsp3) is 1.00. The van der Waals surface area contributed by atoms with E-state index < -0.39 is 0 Å². The van der Waals surface area contributed by atoms with Crippen molar-refractivity contribution < 1.29 is 0 Å². The first-order valence-electron chi connectivity index (χ1n) is 6.42. The number of halogens is 1. The Hall–Kier alpha value is 0.697. The summed E-state index contributed by atoms with van der Waals surface area (Å²) in [6.45, 7) is 2.31. The highest BCUT2D eigenvalue weighted by molar-refractivity contribution is 9.09.